The Hall–Kier alpha value is -4.20. The van der Waals surface area contributed by atoms with E-state index in [1.54, 1.807) is 30.3 Å². The lowest BCUT2D eigenvalue weighted by molar-refractivity contribution is -0.142. The van der Waals surface area contributed by atoms with Gasteiger partial charge in [0.25, 0.3) is 0 Å². The van der Waals surface area contributed by atoms with E-state index in [1.165, 1.54) is 0 Å². The summed E-state index contributed by atoms with van der Waals surface area (Å²) in [4.78, 5) is 65.8. The Labute approximate surface area is 227 Å². The van der Waals surface area contributed by atoms with Crippen LogP contribution in [0.25, 0.3) is 0 Å². The molecule has 0 saturated heterocycles. The van der Waals surface area contributed by atoms with Crippen molar-refractivity contribution < 1.29 is 29.1 Å². The number of carbonyl (C=O) groups is 5. The van der Waals surface area contributed by atoms with Crippen molar-refractivity contribution in [3.63, 3.8) is 0 Å². The topological polar surface area (TPSA) is 258 Å². The smallest absolute Gasteiger partial charge is 0.326 e. The molecule has 0 saturated carbocycles. The van der Waals surface area contributed by atoms with Gasteiger partial charge in [0, 0.05) is 13.0 Å². The van der Waals surface area contributed by atoms with Crippen LogP contribution in [0.4, 0.5) is 0 Å². The summed E-state index contributed by atoms with van der Waals surface area (Å²) >= 11 is 0. The number of rotatable bonds is 17. The van der Waals surface area contributed by atoms with Crippen molar-refractivity contribution in [1.29, 1.82) is 0 Å². The summed E-state index contributed by atoms with van der Waals surface area (Å²) in [5, 5.41) is 17.1. The monoisotopic (exact) mass is 548 g/mol. The van der Waals surface area contributed by atoms with E-state index in [0.717, 1.165) is 0 Å². The van der Waals surface area contributed by atoms with Gasteiger partial charge in [-0.2, -0.15) is 0 Å². The number of carbonyl (C=O) groups excluding carboxylic acids is 4. The zero-order valence-electron chi connectivity index (χ0n) is 22.3. The van der Waals surface area contributed by atoms with E-state index in [-0.39, 0.29) is 44.1 Å². The summed E-state index contributed by atoms with van der Waals surface area (Å²) in [7, 11) is 0. The molecule has 0 aromatic heterocycles. The van der Waals surface area contributed by atoms with Gasteiger partial charge in [-0.15, -0.1) is 0 Å². The Morgan fingerprint density at radius 1 is 0.872 bits per heavy atom. The molecule has 0 fully saturated rings. The number of amides is 4. The Balaban J connectivity index is 3.16. The Morgan fingerprint density at radius 2 is 1.44 bits per heavy atom. The second kappa shape index (κ2) is 16.6. The first kappa shape index (κ1) is 32.8. The van der Waals surface area contributed by atoms with Crippen LogP contribution in [0.1, 0.15) is 45.1 Å². The first-order valence-corrected chi connectivity index (χ1v) is 12.6. The van der Waals surface area contributed by atoms with Gasteiger partial charge in [0.05, 0.1) is 12.5 Å². The van der Waals surface area contributed by atoms with E-state index in [9.17, 15) is 29.1 Å². The molecule has 14 heteroatoms. The van der Waals surface area contributed by atoms with Crippen molar-refractivity contribution in [3.05, 3.63) is 35.9 Å². The lowest BCUT2D eigenvalue weighted by Crippen LogP contribution is -2.58. The van der Waals surface area contributed by atoms with Crippen LogP contribution in [0, 0.1) is 5.92 Å². The molecular formula is C25H40N8O6. The zero-order chi connectivity index (χ0) is 29.5. The summed E-state index contributed by atoms with van der Waals surface area (Å²) in [5.41, 5.74) is 22.3. The average molecular weight is 549 g/mol. The van der Waals surface area contributed by atoms with Gasteiger partial charge in [-0.1, -0.05) is 44.2 Å². The number of guanidine groups is 1. The molecule has 4 amide bonds. The fourth-order valence-corrected chi connectivity index (χ4v) is 3.66. The summed E-state index contributed by atoms with van der Waals surface area (Å²) < 4.78 is 0. The van der Waals surface area contributed by atoms with Crippen LogP contribution in [0.15, 0.2) is 35.3 Å². The molecule has 12 N–H and O–H groups in total. The van der Waals surface area contributed by atoms with Crippen LogP contribution in [0.2, 0.25) is 0 Å². The summed E-state index contributed by atoms with van der Waals surface area (Å²) in [6.07, 6.45) is 0.177. The molecule has 14 nitrogen and oxygen atoms in total. The Bertz CT molecular complexity index is 1010. The molecule has 1 aromatic rings. The highest BCUT2D eigenvalue weighted by Crippen LogP contribution is 2.09. The third-order valence-electron chi connectivity index (χ3n) is 5.57. The van der Waals surface area contributed by atoms with Crippen molar-refractivity contribution >= 4 is 35.6 Å². The summed E-state index contributed by atoms with van der Waals surface area (Å²) in [6.45, 7) is 3.80. The molecule has 4 atom stereocenters. The normalized spacial score (nSPS) is 13.8. The molecule has 1 rings (SSSR count). The standard InChI is InChI=1S/C25H40N8O6/c1-14(2)11-19(24(38)39)33-22(36)17(9-6-10-30-25(28)29)31-23(37)18(12-15-7-4-3-5-8-15)32-21(35)16(26)13-20(27)34/h3-5,7-8,14,16-19H,6,9-13,26H2,1-2H3,(H2,27,34)(H,31,37)(H,32,35)(H,33,36)(H,38,39)(H4,28,29,30). The molecule has 39 heavy (non-hydrogen) atoms. The van der Waals surface area contributed by atoms with E-state index >= 15 is 0 Å². The molecule has 0 aliphatic heterocycles. The van der Waals surface area contributed by atoms with Gasteiger partial charge in [-0.25, -0.2) is 4.79 Å². The number of nitrogens with zero attached hydrogens (tertiary/aromatic N) is 1. The number of benzene rings is 1. The van der Waals surface area contributed by atoms with E-state index in [2.05, 4.69) is 20.9 Å². The first-order valence-electron chi connectivity index (χ1n) is 12.6. The number of hydrogen-bond acceptors (Lipinski definition) is 7. The number of aliphatic carboxylic acids is 1. The van der Waals surface area contributed by atoms with Crippen molar-refractivity contribution in [3.8, 4) is 0 Å². The predicted molar refractivity (Wildman–Crippen MR) is 145 cm³/mol. The van der Waals surface area contributed by atoms with E-state index in [1.807, 2.05) is 13.8 Å². The number of aliphatic imine (C=N–C) groups is 1. The Kier molecular flexibility index (Phi) is 14.0. The van der Waals surface area contributed by atoms with Crippen LogP contribution in [-0.2, 0) is 30.4 Å². The van der Waals surface area contributed by atoms with Crippen molar-refractivity contribution in [2.24, 2.45) is 33.8 Å². The highest BCUT2D eigenvalue weighted by atomic mass is 16.4. The largest absolute Gasteiger partial charge is 0.480 e. The van der Waals surface area contributed by atoms with Crippen molar-refractivity contribution in [2.45, 2.75) is 70.1 Å². The minimum absolute atomic E-state index is 0.0172. The fraction of sp³-hybridized carbons (Fsp3) is 0.520. The lowest BCUT2D eigenvalue weighted by atomic mass is 10.0. The summed E-state index contributed by atoms with van der Waals surface area (Å²) in [5.74, 6) is -4.35. The molecule has 0 spiro atoms. The van der Waals surface area contributed by atoms with E-state index in [4.69, 9.17) is 22.9 Å². The SMILES string of the molecule is CC(C)CC(NC(=O)C(CCCN=C(N)N)NC(=O)C(Cc1ccccc1)NC(=O)C(N)CC(N)=O)C(=O)O. The molecule has 0 aliphatic carbocycles. The van der Waals surface area contributed by atoms with Gasteiger partial charge < -0.3 is 44.0 Å². The minimum Gasteiger partial charge on any atom is -0.480 e. The number of nitrogens with one attached hydrogen (secondary N) is 3. The highest BCUT2D eigenvalue weighted by molar-refractivity contribution is 5.95. The third kappa shape index (κ3) is 13.2. The second-order valence-corrected chi connectivity index (χ2v) is 9.57. The van der Waals surface area contributed by atoms with Gasteiger partial charge in [0.1, 0.15) is 18.1 Å². The third-order valence-corrected chi connectivity index (χ3v) is 5.57. The van der Waals surface area contributed by atoms with Crippen LogP contribution >= 0.6 is 0 Å². The number of primary amides is 1. The van der Waals surface area contributed by atoms with E-state index < -0.39 is 60.2 Å². The maximum Gasteiger partial charge on any atom is 0.326 e. The first-order chi connectivity index (χ1) is 18.3. The maximum atomic E-state index is 13.4. The molecule has 4 unspecified atom stereocenters. The van der Waals surface area contributed by atoms with Crippen molar-refractivity contribution in [1.82, 2.24) is 16.0 Å². The number of carboxylic acid groups (broad SMARTS) is 1. The van der Waals surface area contributed by atoms with Crippen LogP contribution in [-0.4, -0.2) is 71.4 Å². The average Bonchev–Trinajstić information content (AvgIpc) is 2.84. The lowest BCUT2D eigenvalue weighted by Gasteiger charge is -2.25. The van der Waals surface area contributed by atoms with Gasteiger partial charge in [-0.05, 0) is 30.7 Å². The highest BCUT2D eigenvalue weighted by Gasteiger charge is 2.30. The quantitative estimate of drug-likeness (QED) is 0.0611. The van der Waals surface area contributed by atoms with Crippen LogP contribution in [0.5, 0.6) is 0 Å². The second-order valence-electron chi connectivity index (χ2n) is 9.57. The molecule has 216 valence electrons. The van der Waals surface area contributed by atoms with Gasteiger partial charge in [0.2, 0.25) is 23.6 Å². The minimum atomic E-state index is -1.28. The number of nitrogens with two attached hydrogens (primary N) is 4. The molecule has 0 aliphatic rings. The number of carboxylic acids is 1. The molecule has 0 heterocycles. The Morgan fingerprint density at radius 3 is 1.97 bits per heavy atom. The molecular weight excluding hydrogens is 508 g/mol. The van der Waals surface area contributed by atoms with Gasteiger partial charge >= 0.3 is 5.97 Å². The molecule has 1 aromatic carbocycles. The maximum absolute atomic E-state index is 13.4. The van der Waals surface area contributed by atoms with E-state index in [0.29, 0.717) is 5.56 Å². The van der Waals surface area contributed by atoms with Gasteiger partial charge in [-0.3, -0.25) is 24.2 Å². The summed E-state index contributed by atoms with van der Waals surface area (Å²) in [6, 6.07) is 4.02. The van der Waals surface area contributed by atoms with Crippen molar-refractivity contribution in [2.75, 3.05) is 6.54 Å². The predicted octanol–water partition coefficient (Wildman–Crippen LogP) is -1.93. The zero-order valence-corrected chi connectivity index (χ0v) is 22.3. The fourth-order valence-electron chi connectivity index (χ4n) is 3.66. The number of hydrogen-bond donors (Lipinski definition) is 8. The molecule has 0 bridgehead atoms. The molecule has 0 radical (unpaired) electrons. The van der Waals surface area contributed by atoms with Gasteiger partial charge in [0.15, 0.2) is 5.96 Å². The van der Waals surface area contributed by atoms with Crippen LogP contribution in [0.3, 0.4) is 0 Å². The van der Waals surface area contributed by atoms with Crippen LogP contribution < -0.4 is 38.9 Å².